The van der Waals surface area contributed by atoms with Gasteiger partial charge in [0.05, 0.1) is 17.7 Å². The molecule has 4 rings (SSSR count). The lowest BCUT2D eigenvalue weighted by Gasteiger charge is -2.27. The van der Waals surface area contributed by atoms with E-state index < -0.39 is 29.8 Å². The zero-order chi connectivity index (χ0) is 26.2. The van der Waals surface area contributed by atoms with Crippen molar-refractivity contribution in [2.75, 3.05) is 6.54 Å². The van der Waals surface area contributed by atoms with Crippen LogP contribution in [0.25, 0.3) is 0 Å². The third-order valence-electron chi connectivity index (χ3n) is 5.41. The molecule has 3 aromatic rings. The summed E-state index contributed by atoms with van der Waals surface area (Å²) < 4.78 is 5.40. The predicted octanol–water partition coefficient (Wildman–Crippen LogP) is 1.73. The van der Waals surface area contributed by atoms with Crippen molar-refractivity contribution in [3.05, 3.63) is 94.1 Å². The van der Waals surface area contributed by atoms with Crippen LogP contribution >= 0.6 is 11.3 Å². The molecule has 188 valence electrons. The van der Waals surface area contributed by atoms with Crippen LogP contribution in [0.3, 0.4) is 0 Å². The summed E-state index contributed by atoms with van der Waals surface area (Å²) in [5.41, 5.74) is 6.25. The molecule has 10 nitrogen and oxygen atoms in total. The fourth-order valence-electron chi connectivity index (χ4n) is 3.61. The van der Waals surface area contributed by atoms with E-state index in [1.54, 1.807) is 60.7 Å². The molecule has 1 aromatic carbocycles. The Kier molecular flexibility index (Phi) is 8.02. The Bertz CT molecular complexity index is 1390. The number of benzene rings is 1. The van der Waals surface area contributed by atoms with Gasteiger partial charge in [0.25, 0.3) is 11.8 Å². The highest BCUT2D eigenvalue weighted by atomic mass is 32.1. The largest absolute Gasteiger partial charge is 0.467 e. The fraction of sp³-hybridized carbons (Fsp3) is 0.154. The van der Waals surface area contributed by atoms with Gasteiger partial charge in [0.15, 0.2) is 11.9 Å². The van der Waals surface area contributed by atoms with Crippen molar-refractivity contribution in [3.63, 3.8) is 0 Å². The van der Waals surface area contributed by atoms with Gasteiger partial charge in [-0.05, 0) is 36.4 Å². The summed E-state index contributed by atoms with van der Waals surface area (Å²) in [4.78, 5) is 41.7. The molecule has 0 spiro atoms. The Hall–Kier alpha value is -4.82. The van der Waals surface area contributed by atoms with Crippen LogP contribution in [0, 0.1) is 11.8 Å². The predicted molar refractivity (Wildman–Crippen MR) is 136 cm³/mol. The number of nitrogens with two attached hydrogens (primary N) is 1. The number of amidine groups is 1. The molecular formula is C26H23N5O5S. The number of nitrogens with zero attached hydrogens (tertiary/aromatic N) is 2. The molecule has 0 fully saturated rings. The Balaban J connectivity index is 1.44. The number of carbonyl (C=O) groups is 3. The van der Waals surface area contributed by atoms with Crippen LogP contribution in [0.1, 0.15) is 27.1 Å². The fourth-order valence-corrected chi connectivity index (χ4v) is 4.45. The normalized spacial score (nSPS) is 15.5. The van der Waals surface area contributed by atoms with Crippen molar-refractivity contribution in [1.82, 2.24) is 15.5 Å². The summed E-state index contributed by atoms with van der Waals surface area (Å²) in [6.07, 6.45) is 4.73. The zero-order valence-corrected chi connectivity index (χ0v) is 20.3. The molecule has 1 aliphatic rings. The number of hydrogen-bond acceptors (Lipinski definition) is 7. The molecule has 11 heteroatoms. The molecule has 2 atom stereocenters. The van der Waals surface area contributed by atoms with Gasteiger partial charge in [-0.15, -0.1) is 11.3 Å². The van der Waals surface area contributed by atoms with E-state index in [2.05, 4.69) is 27.6 Å². The Labute approximate surface area is 216 Å². The molecule has 5 N–H and O–H groups in total. The summed E-state index contributed by atoms with van der Waals surface area (Å²) in [5.74, 6) is 3.87. The van der Waals surface area contributed by atoms with E-state index >= 15 is 0 Å². The van der Waals surface area contributed by atoms with E-state index in [0.717, 1.165) is 4.88 Å². The van der Waals surface area contributed by atoms with Crippen LogP contribution < -0.4 is 16.4 Å². The van der Waals surface area contributed by atoms with Gasteiger partial charge >= 0.3 is 0 Å². The molecule has 3 amide bonds. The molecule has 37 heavy (non-hydrogen) atoms. The van der Waals surface area contributed by atoms with Crippen LogP contribution in [-0.2, 0) is 20.9 Å². The van der Waals surface area contributed by atoms with Gasteiger partial charge in [-0.3, -0.25) is 14.4 Å². The van der Waals surface area contributed by atoms with Gasteiger partial charge in [0.1, 0.15) is 11.8 Å². The number of hydrogen-bond donors (Lipinski definition) is 4. The molecule has 0 aliphatic carbocycles. The first kappa shape index (κ1) is 25.3. The summed E-state index contributed by atoms with van der Waals surface area (Å²) in [7, 11) is 0. The van der Waals surface area contributed by atoms with Crippen molar-refractivity contribution < 1.29 is 24.0 Å². The minimum Gasteiger partial charge on any atom is -0.467 e. The number of nitrogens with one attached hydrogen (secondary N) is 2. The summed E-state index contributed by atoms with van der Waals surface area (Å²) >= 11 is 1.27. The summed E-state index contributed by atoms with van der Waals surface area (Å²) in [5, 5.41) is 17.2. The Morgan fingerprint density at radius 1 is 1.19 bits per heavy atom. The molecule has 2 aromatic heterocycles. The molecule has 0 saturated carbocycles. The smallest absolute Gasteiger partial charge is 0.297 e. The Morgan fingerprint density at radius 3 is 2.73 bits per heavy atom. The maximum atomic E-state index is 13.5. The molecule has 0 bridgehead atoms. The van der Waals surface area contributed by atoms with E-state index in [1.165, 1.54) is 22.5 Å². The number of amides is 3. The molecule has 0 saturated heterocycles. The minimum absolute atomic E-state index is 0.0162. The van der Waals surface area contributed by atoms with Crippen molar-refractivity contribution in [2.24, 2.45) is 10.9 Å². The SMILES string of the molecule is N/C(=N\O)c1ccc(CNC(=O)C2C=CCN2C(=O)[C@@H](NC(=O)C#Cc2ccccc2)c2ccco2)s1. The molecule has 3 heterocycles. The van der Waals surface area contributed by atoms with Gasteiger partial charge in [0, 0.05) is 22.9 Å². The molecule has 0 radical (unpaired) electrons. The van der Waals surface area contributed by atoms with Crippen LogP contribution in [-0.4, -0.2) is 46.3 Å². The van der Waals surface area contributed by atoms with Crippen LogP contribution in [0.4, 0.5) is 0 Å². The third kappa shape index (κ3) is 6.25. The van der Waals surface area contributed by atoms with Gasteiger partial charge in [-0.25, -0.2) is 0 Å². The zero-order valence-electron chi connectivity index (χ0n) is 19.5. The van der Waals surface area contributed by atoms with Crippen molar-refractivity contribution in [1.29, 1.82) is 0 Å². The van der Waals surface area contributed by atoms with Crippen molar-refractivity contribution >= 4 is 34.9 Å². The second-order valence-electron chi connectivity index (χ2n) is 7.87. The number of carbonyl (C=O) groups excluding carboxylic acids is 3. The summed E-state index contributed by atoms with van der Waals surface area (Å²) in [6.45, 7) is 0.383. The van der Waals surface area contributed by atoms with Crippen LogP contribution in [0.15, 0.2) is 82.6 Å². The third-order valence-corrected chi connectivity index (χ3v) is 6.52. The molecular weight excluding hydrogens is 494 g/mol. The number of thiophene rings is 1. The highest BCUT2D eigenvalue weighted by Gasteiger charge is 2.36. The van der Waals surface area contributed by atoms with Gasteiger partial charge in [-0.1, -0.05) is 41.4 Å². The van der Waals surface area contributed by atoms with Crippen molar-refractivity contribution in [2.45, 2.75) is 18.6 Å². The average Bonchev–Trinajstić information content (AvgIpc) is 3.71. The number of furan rings is 1. The number of rotatable bonds is 7. The van der Waals surface area contributed by atoms with Crippen LogP contribution in [0.2, 0.25) is 0 Å². The van der Waals surface area contributed by atoms with Gasteiger partial charge in [0.2, 0.25) is 5.91 Å². The second kappa shape index (κ2) is 11.7. The van der Waals surface area contributed by atoms with E-state index in [9.17, 15) is 14.4 Å². The quantitative estimate of drug-likeness (QED) is 0.0936. The second-order valence-corrected chi connectivity index (χ2v) is 9.04. The highest BCUT2D eigenvalue weighted by molar-refractivity contribution is 7.14. The standard InChI is InChI=1S/C26H23N5O5S/c27-24(30-35)21-12-11-18(37-21)16-28-25(33)19-8-4-14-31(19)26(34)23(20-9-5-15-36-20)29-22(32)13-10-17-6-2-1-3-7-17/h1-9,11-12,15,19,23,35H,14,16H2,(H2,27,30)(H,28,33)(H,29,32)/t19?,23-/m0/s1. The molecule has 1 aliphatic heterocycles. The van der Waals surface area contributed by atoms with E-state index in [-0.39, 0.29) is 24.7 Å². The van der Waals surface area contributed by atoms with Crippen molar-refractivity contribution in [3.8, 4) is 11.8 Å². The lowest BCUT2D eigenvalue weighted by molar-refractivity contribution is -0.140. The van der Waals surface area contributed by atoms with Gasteiger partial charge in [-0.2, -0.15) is 0 Å². The lowest BCUT2D eigenvalue weighted by Crippen LogP contribution is -2.50. The first-order valence-corrected chi connectivity index (χ1v) is 12.0. The monoisotopic (exact) mass is 517 g/mol. The van der Waals surface area contributed by atoms with E-state index in [1.807, 2.05) is 6.07 Å². The van der Waals surface area contributed by atoms with Crippen LogP contribution in [0.5, 0.6) is 0 Å². The number of oxime groups is 1. The first-order valence-electron chi connectivity index (χ1n) is 11.2. The van der Waals surface area contributed by atoms with Gasteiger partial charge < -0.3 is 30.9 Å². The summed E-state index contributed by atoms with van der Waals surface area (Å²) in [6, 6.07) is 13.6. The van der Waals surface area contributed by atoms with E-state index in [4.69, 9.17) is 15.4 Å². The Morgan fingerprint density at radius 2 is 2.00 bits per heavy atom. The maximum Gasteiger partial charge on any atom is 0.297 e. The maximum absolute atomic E-state index is 13.5. The lowest BCUT2D eigenvalue weighted by atomic mass is 10.1. The minimum atomic E-state index is -1.16. The highest BCUT2D eigenvalue weighted by Crippen LogP contribution is 2.22. The average molecular weight is 518 g/mol. The van der Waals surface area contributed by atoms with E-state index in [0.29, 0.717) is 10.4 Å². The topological polar surface area (TPSA) is 150 Å². The first-order chi connectivity index (χ1) is 18.0. The molecule has 1 unspecified atom stereocenters.